The van der Waals surface area contributed by atoms with Gasteiger partial charge in [-0.05, 0) is 24.6 Å². The van der Waals surface area contributed by atoms with E-state index in [0.29, 0.717) is 30.2 Å². The minimum absolute atomic E-state index is 0.0235. The SMILES string of the molecule is CNC(=O)[C@H]1C[C@H]2CN(C(=O)Nc3cccc(Cl)c3)C[C@H]1O2. The molecule has 6 nitrogen and oxygen atoms in total. The van der Waals surface area contributed by atoms with Gasteiger partial charge in [0.25, 0.3) is 0 Å². The molecule has 0 radical (unpaired) electrons. The monoisotopic (exact) mass is 323 g/mol. The molecule has 2 aliphatic rings. The van der Waals surface area contributed by atoms with Gasteiger partial charge < -0.3 is 20.3 Å². The first-order chi connectivity index (χ1) is 10.6. The third kappa shape index (κ3) is 3.03. The highest BCUT2D eigenvalue weighted by Crippen LogP contribution is 2.32. The summed E-state index contributed by atoms with van der Waals surface area (Å²) >= 11 is 5.91. The van der Waals surface area contributed by atoms with Gasteiger partial charge in [0.1, 0.15) is 0 Å². The molecule has 118 valence electrons. The maximum Gasteiger partial charge on any atom is 0.322 e. The van der Waals surface area contributed by atoms with Crippen molar-refractivity contribution in [1.82, 2.24) is 10.2 Å². The van der Waals surface area contributed by atoms with E-state index in [0.717, 1.165) is 0 Å². The Kier molecular flexibility index (Phi) is 4.22. The second-order valence-corrected chi connectivity index (χ2v) is 6.03. The molecule has 0 aliphatic carbocycles. The number of halogens is 1. The third-order valence-electron chi connectivity index (χ3n) is 4.10. The Hall–Kier alpha value is -1.79. The van der Waals surface area contributed by atoms with Crippen molar-refractivity contribution in [3.8, 4) is 0 Å². The van der Waals surface area contributed by atoms with E-state index >= 15 is 0 Å². The van der Waals surface area contributed by atoms with E-state index in [9.17, 15) is 9.59 Å². The summed E-state index contributed by atoms with van der Waals surface area (Å²) in [4.78, 5) is 25.9. The molecule has 7 heteroatoms. The van der Waals surface area contributed by atoms with Crippen molar-refractivity contribution in [3.63, 3.8) is 0 Å². The number of benzene rings is 1. The van der Waals surface area contributed by atoms with Crippen LogP contribution in [0, 0.1) is 5.92 Å². The highest BCUT2D eigenvalue weighted by atomic mass is 35.5. The Balaban J connectivity index is 1.64. The number of fused-ring (bicyclic) bond motifs is 2. The molecule has 3 rings (SSSR count). The van der Waals surface area contributed by atoms with E-state index in [1.54, 1.807) is 36.2 Å². The number of carbonyl (C=O) groups excluding carboxylic acids is 2. The summed E-state index contributed by atoms with van der Waals surface area (Å²) in [6, 6.07) is 6.81. The fraction of sp³-hybridized carbons (Fsp3) is 0.467. The molecule has 0 spiro atoms. The Labute approximate surface area is 133 Å². The number of carbonyl (C=O) groups is 2. The third-order valence-corrected chi connectivity index (χ3v) is 4.34. The number of amides is 3. The summed E-state index contributed by atoms with van der Waals surface area (Å²) in [6.07, 6.45) is 0.348. The first-order valence-electron chi connectivity index (χ1n) is 7.25. The molecular formula is C15H18ClN3O3. The topological polar surface area (TPSA) is 70.7 Å². The molecule has 2 N–H and O–H groups in total. The molecule has 1 aromatic carbocycles. The summed E-state index contributed by atoms with van der Waals surface area (Å²) in [7, 11) is 1.62. The summed E-state index contributed by atoms with van der Waals surface area (Å²) < 4.78 is 5.78. The predicted molar refractivity (Wildman–Crippen MR) is 82.9 cm³/mol. The molecule has 0 saturated carbocycles. The molecule has 2 bridgehead atoms. The van der Waals surface area contributed by atoms with Crippen LogP contribution in [0.3, 0.4) is 0 Å². The van der Waals surface area contributed by atoms with Crippen LogP contribution < -0.4 is 10.6 Å². The van der Waals surface area contributed by atoms with Crippen molar-refractivity contribution in [3.05, 3.63) is 29.3 Å². The van der Waals surface area contributed by atoms with Crippen molar-refractivity contribution >= 4 is 29.2 Å². The van der Waals surface area contributed by atoms with Crippen LogP contribution in [0.25, 0.3) is 0 Å². The molecule has 2 aliphatic heterocycles. The number of anilines is 1. The van der Waals surface area contributed by atoms with Crippen LogP contribution in [-0.2, 0) is 9.53 Å². The molecule has 1 aromatic rings. The van der Waals surface area contributed by atoms with Gasteiger partial charge in [0, 0.05) is 30.8 Å². The van der Waals surface area contributed by atoms with Gasteiger partial charge in [0.2, 0.25) is 5.91 Å². The van der Waals surface area contributed by atoms with E-state index in [4.69, 9.17) is 16.3 Å². The lowest BCUT2D eigenvalue weighted by atomic mass is 10.00. The van der Waals surface area contributed by atoms with Gasteiger partial charge in [-0.3, -0.25) is 4.79 Å². The summed E-state index contributed by atoms with van der Waals surface area (Å²) in [5.74, 6) is -0.205. The quantitative estimate of drug-likeness (QED) is 0.870. The molecule has 2 fully saturated rings. The molecular weight excluding hydrogens is 306 g/mol. The highest BCUT2D eigenvalue weighted by Gasteiger charge is 2.45. The maximum absolute atomic E-state index is 12.4. The first kappa shape index (κ1) is 15.1. The van der Waals surface area contributed by atoms with Crippen LogP contribution in [-0.4, -0.2) is 49.2 Å². The Bertz CT molecular complexity index is 595. The number of rotatable bonds is 2. The average Bonchev–Trinajstić information content (AvgIpc) is 2.80. The van der Waals surface area contributed by atoms with Gasteiger partial charge in [-0.2, -0.15) is 0 Å². The van der Waals surface area contributed by atoms with E-state index in [1.807, 2.05) is 0 Å². The van der Waals surface area contributed by atoms with E-state index < -0.39 is 0 Å². The highest BCUT2D eigenvalue weighted by molar-refractivity contribution is 6.30. The minimum atomic E-state index is -0.233. The van der Waals surface area contributed by atoms with Crippen molar-refractivity contribution in [1.29, 1.82) is 0 Å². The second kappa shape index (κ2) is 6.14. The summed E-state index contributed by atoms with van der Waals surface area (Å²) in [5, 5.41) is 6.05. The van der Waals surface area contributed by atoms with E-state index in [-0.39, 0.29) is 30.1 Å². The number of morpholine rings is 1. The van der Waals surface area contributed by atoms with Gasteiger partial charge in [0.05, 0.1) is 18.1 Å². The van der Waals surface area contributed by atoms with Gasteiger partial charge in [-0.1, -0.05) is 17.7 Å². The Morgan fingerprint density at radius 1 is 1.36 bits per heavy atom. The average molecular weight is 324 g/mol. The lowest BCUT2D eigenvalue weighted by Gasteiger charge is -2.32. The molecule has 0 unspecified atom stereocenters. The molecule has 0 aromatic heterocycles. The molecule has 22 heavy (non-hydrogen) atoms. The number of likely N-dealkylation sites (tertiary alicyclic amines) is 1. The lowest BCUT2D eigenvalue weighted by molar-refractivity contribution is -0.127. The number of nitrogens with one attached hydrogen (secondary N) is 2. The van der Waals surface area contributed by atoms with Crippen molar-refractivity contribution < 1.29 is 14.3 Å². The van der Waals surface area contributed by atoms with Crippen molar-refractivity contribution in [2.24, 2.45) is 5.92 Å². The smallest absolute Gasteiger partial charge is 0.322 e. The largest absolute Gasteiger partial charge is 0.370 e. The minimum Gasteiger partial charge on any atom is -0.370 e. The maximum atomic E-state index is 12.4. The van der Waals surface area contributed by atoms with Gasteiger partial charge in [-0.15, -0.1) is 0 Å². The number of hydrogen-bond acceptors (Lipinski definition) is 3. The molecule has 3 atom stereocenters. The second-order valence-electron chi connectivity index (χ2n) is 5.60. The van der Waals surface area contributed by atoms with Crippen molar-refractivity contribution in [2.75, 3.05) is 25.5 Å². The lowest BCUT2D eigenvalue weighted by Crippen LogP contribution is -2.49. The van der Waals surface area contributed by atoms with E-state index in [1.165, 1.54) is 0 Å². The Morgan fingerprint density at radius 3 is 2.91 bits per heavy atom. The number of nitrogens with zero attached hydrogens (tertiary/aromatic N) is 1. The fourth-order valence-corrected chi connectivity index (χ4v) is 3.24. The standard InChI is InChI=1S/C15H18ClN3O3/c1-17-14(20)12-6-11-7-19(8-13(12)22-11)15(21)18-10-4-2-3-9(16)5-10/h2-5,11-13H,6-8H2,1H3,(H,17,20)(H,18,21)/t11-,12-,13+/m0/s1. The normalized spacial score (nSPS) is 26.6. The Morgan fingerprint density at radius 2 is 2.18 bits per heavy atom. The fourth-order valence-electron chi connectivity index (χ4n) is 3.05. The predicted octanol–water partition coefficient (Wildman–Crippen LogP) is 1.71. The number of hydrogen-bond donors (Lipinski definition) is 2. The van der Waals surface area contributed by atoms with Gasteiger partial charge >= 0.3 is 6.03 Å². The van der Waals surface area contributed by atoms with Gasteiger partial charge in [-0.25, -0.2) is 4.79 Å². The zero-order chi connectivity index (χ0) is 15.7. The van der Waals surface area contributed by atoms with Crippen molar-refractivity contribution in [2.45, 2.75) is 18.6 Å². The van der Waals surface area contributed by atoms with Crippen LogP contribution in [0.2, 0.25) is 5.02 Å². The van der Waals surface area contributed by atoms with Crippen LogP contribution in [0.4, 0.5) is 10.5 Å². The van der Waals surface area contributed by atoms with E-state index in [2.05, 4.69) is 10.6 Å². The van der Waals surface area contributed by atoms with Crippen LogP contribution in [0.1, 0.15) is 6.42 Å². The molecule has 3 amide bonds. The van der Waals surface area contributed by atoms with Crippen LogP contribution in [0.5, 0.6) is 0 Å². The number of urea groups is 1. The molecule has 2 heterocycles. The van der Waals surface area contributed by atoms with Gasteiger partial charge in [0.15, 0.2) is 0 Å². The molecule has 2 saturated heterocycles. The van der Waals surface area contributed by atoms with Crippen LogP contribution >= 0.6 is 11.6 Å². The number of ether oxygens (including phenoxy) is 1. The van der Waals surface area contributed by atoms with Crippen LogP contribution in [0.15, 0.2) is 24.3 Å². The first-order valence-corrected chi connectivity index (χ1v) is 7.63. The zero-order valence-electron chi connectivity index (χ0n) is 12.2. The summed E-state index contributed by atoms with van der Waals surface area (Å²) in [6.45, 7) is 0.914. The zero-order valence-corrected chi connectivity index (χ0v) is 13.0. The summed E-state index contributed by atoms with van der Waals surface area (Å²) in [5.41, 5.74) is 0.652.